The highest BCUT2D eigenvalue weighted by Crippen LogP contribution is 2.27. The molecule has 0 saturated carbocycles. The van der Waals surface area contributed by atoms with E-state index >= 15 is 0 Å². The molecule has 3 aromatic rings. The zero-order valence-electron chi connectivity index (χ0n) is 15.3. The van der Waals surface area contributed by atoms with Crippen LogP contribution in [0.2, 0.25) is 15.1 Å². The van der Waals surface area contributed by atoms with Crippen LogP contribution in [-0.4, -0.2) is 11.9 Å². The van der Waals surface area contributed by atoms with Gasteiger partial charge in [0.1, 0.15) is 0 Å². The van der Waals surface area contributed by atoms with E-state index in [2.05, 4.69) is 5.32 Å². The van der Waals surface area contributed by atoms with E-state index < -0.39 is 18.0 Å². The summed E-state index contributed by atoms with van der Waals surface area (Å²) in [7, 11) is 0. The molecule has 1 N–H and O–H groups in total. The highest BCUT2D eigenvalue weighted by atomic mass is 35.5. The number of carbonyl (C=O) groups excluding carboxylic acids is 2. The molecule has 4 nitrogen and oxygen atoms in total. The number of aryl methyl sites for hydroxylation is 1. The molecule has 0 bridgehead atoms. The summed E-state index contributed by atoms with van der Waals surface area (Å²) in [5.74, 6) is -1.29. The molecule has 0 aliphatic rings. The van der Waals surface area contributed by atoms with Gasteiger partial charge in [-0.2, -0.15) is 0 Å². The van der Waals surface area contributed by atoms with Crippen molar-refractivity contribution in [3.05, 3.63) is 98.5 Å². The topological polar surface area (TPSA) is 55.4 Å². The fraction of sp³-hybridized carbons (Fsp3) is 0.0909. The molecule has 1 amide bonds. The van der Waals surface area contributed by atoms with Crippen molar-refractivity contribution in [1.82, 2.24) is 0 Å². The minimum absolute atomic E-state index is 0.0753. The lowest BCUT2D eigenvalue weighted by Crippen LogP contribution is -2.26. The summed E-state index contributed by atoms with van der Waals surface area (Å²) >= 11 is 18.2. The first-order chi connectivity index (χ1) is 13.8. The lowest BCUT2D eigenvalue weighted by atomic mass is 10.1. The molecule has 1 atom stereocenters. The Morgan fingerprint density at radius 1 is 0.897 bits per heavy atom. The first-order valence-electron chi connectivity index (χ1n) is 8.63. The summed E-state index contributed by atoms with van der Waals surface area (Å²) in [5.41, 5.74) is 1.95. The van der Waals surface area contributed by atoms with Crippen LogP contribution in [0, 0.1) is 6.92 Å². The van der Waals surface area contributed by atoms with E-state index in [1.54, 1.807) is 54.6 Å². The summed E-state index contributed by atoms with van der Waals surface area (Å²) in [5, 5.41) is 3.75. The maximum atomic E-state index is 12.9. The van der Waals surface area contributed by atoms with Crippen LogP contribution in [0.3, 0.4) is 0 Å². The van der Waals surface area contributed by atoms with Gasteiger partial charge in [0.15, 0.2) is 0 Å². The van der Waals surface area contributed by atoms with Gasteiger partial charge in [0, 0.05) is 21.3 Å². The van der Waals surface area contributed by atoms with Gasteiger partial charge in [-0.05, 0) is 42.8 Å². The summed E-state index contributed by atoms with van der Waals surface area (Å²) in [6.45, 7) is 1.86. The normalized spacial score (nSPS) is 11.6. The maximum Gasteiger partial charge on any atom is 0.340 e. The maximum absolute atomic E-state index is 12.9. The van der Waals surface area contributed by atoms with Crippen molar-refractivity contribution in [3.8, 4) is 0 Å². The van der Waals surface area contributed by atoms with E-state index in [1.807, 2.05) is 6.92 Å². The molecule has 0 aromatic heterocycles. The quantitative estimate of drug-likeness (QED) is 0.454. The van der Waals surface area contributed by atoms with Crippen LogP contribution in [0.1, 0.15) is 27.6 Å². The number of benzene rings is 3. The zero-order valence-corrected chi connectivity index (χ0v) is 17.6. The van der Waals surface area contributed by atoms with Crippen molar-refractivity contribution < 1.29 is 14.3 Å². The molecule has 0 saturated heterocycles. The van der Waals surface area contributed by atoms with Crippen LogP contribution >= 0.6 is 34.8 Å². The standard InChI is InChI=1S/C22H16Cl3NO3/c1-13-7-9-16(12-19(13)25)26-21(27)20(14-5-3-2-4-6-14)29-22(28)17-11-15(23)8-10-18(17)24/h2-12,20H,1H3,(H,26,27). The van der Waals surface area contributed by atoms with Crippen molar-refractivity contribution in [2.24, 2.45) is 0 Å². The van der Waals surface area contributed by atoms with E-state index in [0.717, 1.165) is 5.56 Å². The molecule has 0 aliphatic heterocycles. The van der Waals surface area contributed by atoms with E-state index in [0.29, 0.717) is 21.3 Å². The number of hydrogen-bond acceptors (Lipinski definition) is 3. The van der Waals surface area contributed by atoms with Gasteiger partial charge >= 0.3 is 5.97 Å². The van der Waals surface area contributed by atoms with E-state index in [1.165, 1.54) is 12.1 Å². The average molecular weight is 449 g/mol. The van der Waals surface area contributed by atoms with Crippen molar-refractivity contribution in [1.29, 1.82) is 0 Å². The molecule has 0 aliphatic carbocycles. The molecule has 0 spiro atoms. The second-order valence-corrected chi connectivity index (χ2v) is 7.52. The van der Waals surface area contributed by atoms with Crippen LogP contribution < -0.4 is 5.32 Å². The van der Waals surface area contributed by atoms with Gasteiger partial charge in [0.05, 0.1) is 10.6 Å². The molecule has 0 radical (unpaired) electrons. The van der Waals surface area contributed by atoms with E-state index in [-0.39, 0.29) is 10.6 Å². The number of amides is 1. The van der Waals surface area contributed by atoms with Crippen molar-refractivity contribution >= 4 is 52.4 Å². The summed E-state index contributed by atoms with van der Waals surface area (Å²) in [6.07, 6.45) is -1.20. The smallest absolute Gasteiger partial charge is 0.340 e. The lowest BCUT2D eigenvalue weighted by molar-refractivity contribution is -0.125. The van der Waals surface area contributed by atoms with Crippen LogP contribution in [-0.2, 0) is 9.53 Å². The van der Waals surface area contributed by atoms with Gasteiger partial charge in [0.2, 0.25) is 6.10 Å². The minimum atomic E-state index is -1.20. The van der Waals surface area contributed by atoms with Crippen LogP contribution in [0.5, 0.6) is 0 Å². The Morgan fingerprint density at radius 3 is 2.31 bits per heavy atom. The molecular weight excluding hydrogens is 433 g/mol. The van der Waals surface area contributed by atoms with Crippen LogP contribution in [0.4, 0.5) is 5.69 Å². The van der Waals surface area contributed by atoms with Gasteiger partial charge in [-0.3, -0.25) is 4.79 Å². The third-order valence-electron chi connectivity index (χ3n) is 4.15. The Kier molecular flexibility index (Phi) is 6.80. The number of ether oxygens (including phenoxy) is 1. The number of hydrogen-bond donors (Lipinski definition) is 1. The number of carbonyl (C=O) groups is 2. The number of rotatable bonds is 5. The number of anilines is 1. The molecule has 0 heterocycles. The fourth-order valence-electron chi connectivity index (χ4n) is 2.60. The lowest BCUT2D eigenvalue weighted by Gasteiger charge is -2.19. The molecule has 0 fully saturated rings. The minimum Gasteiger partial charge on any atom is -0.444 e. The zero-order chi connectivity index (χ0) is 21.0. The largest absolute Gasteiger partial charge is 0.444 e. The molecule has 7 heteroatoms. The van der Waals surface area contributed by atoms with Gasteiger partial charge in [0.25, 0.3) is 5.91 Å². The van der Waals surface area contributed by atoms with Crippen molar-refractivity contribution in [3.63, 3.8) is 0 Å². The molecule has 3 aromatic carbocycles. The Bertz CT molecular complexity index is 1050. The van der Waals surface area contributed by atoms with Crippen LogP contribution in [0.25, 0.3) is 0 Å². The second-order valence-electron chi connectivity index (χ2n) is 6.27. The van der Waals surface area contributed by atoms with E-state index in [4.69, 9.17) is 39.5 Å². The van der Waals surface area contributed by atoms with Crippen molar-refractivity contribution in [2.45, 2.75) is 13.0 Å². The SMILES string of the molecule is Cc1ccc(NC(=O)C(OC(=O)c2cc(Cl)ccc2Cl)c2ccccc2)cc1Cl. The summed E-state index contributed by atoms with van der Waals surface area (Å²) < 4.78 is 5.52. The van der Waals surface area contributed by atoms with Crippen molar-refractivity contribution in [2.75, 3.05) is 5.32 Å². The number of halogens is 3. The highest BCUT2D eigenvalue weighted by molar-refractivity contribution is 6.35. The first kappa shape index (κ1) is 21.2. The third-order valence-corrected chi connectivity index (χ3v) is 5.12. The second kappa shape index (κ2) is 9.31. The molecule has 148 valence electrons. The van der Waals surface area contributed by atoms with E-state index in [9.17, 15) is 9.59 Å². The Hall–Kier alpha value is -2.53. The Labute approximate surface area is 183 Å². The number of esters is 1. The first-order valence-corrected chi connectivity index (χ1v) is 9.76. The van der Waals surface area contributed by atoms with Gasteiger partial charge in [-0.15, -0.1) is 0 Å². The number of nitrogens with one attached hydrogen (secondary N) is 1. The Balaban J connectivity index is 1.88. The molecule has 3 rings (SSSR count). The highest BCUT2D eigenvalue weighted by Gasteiger charge is 2.27. The summed E-state index contributed by atoms with van der Waals surface area (Å²) in [4.78, 5) is 25.6. The Morgan fingerprint density at radius 2 is 1.62 bits per heavy atom. The third kappa shape index (κ3) is 5.30. The van der Waals surface area contributed by atoms with Gasteiger partial charge in [-0.25, -0.2) is 4.79 Å². The van der Waals surface area contributed by atoms with Gasteiger partial charge in [-0.1, -0.05) is 71.2 Å². The average Bonchev–Trinajstić information content (AvgIpc) is 2.71. The fourth-order valence-corrected chi connectivity index (χ4v) is 3.15. The molecular formula is C22H16Cl3NO3. The molecule has 1 unspecified atom stereocenters. The predicted molar refractivity (Wildman–Crippen MR) is 116 cm³/mol. The predicted octanol–water partition coefficient (Wildman–Crippen LogP) is 6.49. The van der Waals surface area contributed by atoms with Gasteiger partial charge < -0.3 is 10.1 Å². The molecule has 29 heavy (non-hydrogen) atoms. The van der Waals surface area contributed by atoms with Crippen LogP contribution in [0.15, 0.2) is 66.7 Å². The monoisotopic (exact) mass is 447 g/mol. The summed E-state index contributed by atoms with van der Waals surface area (Å²) in [6, 6.07) is 18.3.